The van der Waals surface area contributed by atoms with Crippen LogP contribution in [0.2, 0.25) is 0 Å². The first-order chi connectivity index (χ1) is 6.85. The average molecular weight is 200 g/mol. The Morgan fingerprint density at radius 3 is 2.71 bits per heavy atom. The lowest BCUT2D eigenvalue weighted by Gasteiger charge is -2.32. The Morgan fingerprint density at radius 2 is 2.00 bits per heavy atom. The molecule has 0 bridgehead atoms. The van der Waals surface area contributed by atoms with Crippen LogP contribution in [0, 0.1) is 0 Å². The fraction of sp³-hybridized carbons (Fsp3) is 1.00. The summed E-state index contributed by atoms with van der Waals surface area (Å²) in [4.78, 5) is 2.30. The van der Waals surface area contributed by atoms with Gasteiger partial charge in [0.05, 0.1) is 0 Å². The number of hydrogen-bond donors (Lipinski definition) is 1. The molecular weight excluding hydrogens is 179 g/mol. The predicted molar refractivity (Wildman–Crippen MR) is 56.2 cm³/mol. The molecule has 0 radical (unpaired) electrons. The molecule has 2 aliphatic rings. The smallest absolute Gasteiger partial charge is 0.102 e. The SMILES string of the molecule is FCCN1CCCNC2(CCCC2)C1. The van der Waals surface area contributed by atoms with Gasteiger partial charge < -0.3 is 5.32 Å². The van der Waals surface area contributed by atoms with Crippen LogP contribution in [0.3, 0.4) is 0 Å². The second-order valence-corrected chi connectivity index (χ2v) is 4.73. The second-order valence-electron chi connectivity index (χ2n) is 4.73. The summed E-state index contributed by atoms with van der Waals surface area (Å²) in [6.07, 6.45) is 6.43. The molecule has 1 saturated heterocycles. The first-order valence-electron chi connectivity index (χ1n) is 5.88. The molecule has 1 N–H and O–H groups in total. The maximum Gasteiger partial charge on any atom is 0.102 e. The highest BCUT2D eigenvalue weighted by atomic mass is 19.1. The Labute approximate surface area is 85.9 Å². The molecule has 3 heteroatoms. The summed E-state index contributed by atoms with van der Waals surface area (Å²) >= 11 is 0. The van der Waals surface area contributed by atoms with Crippen molar-refractivity contribution in [3.05, 3.63) is 0 Å². The van der Waals surface area contributed by atoms with Gasteiger partial charge >= 0.3 is 0 Å². The molecule has 1 heterocycles. The summed E-state index contributed by atoms with van der Waals surface area (Å²) in [6, 6.07) is 0. The zero-order valence-electron chi connectivity index (χ0n) is 8.90. The molecule has 0 atom stereocenters. The lowest BCUT2D eigenvalue weighted by Crippen LogP contribution is -2.49. The van der Waals surface area contributed by atoms with Gasteiger partial charge in [0, 0.05) is 18.6 Å². The highest BCUT2D eigenvalue weighted by Gasteiger charge is 2.35. The Hall–Kier alpha value is -0.150. The Morgan fingerprint density at radius 1 is 1.21 bits per heavy atom. The maximum absolute atomic E-state index is 12.3. The molecular formula is C11H21FN2. The summed E-state index contributed by atoms with van der Waals surface area (Å²) in [5.74, 6) is 0. The number of nitrogens with zero attached hydrogens (tertiary/aromatic N) is 1. The van der Waals surface area contributed by atoms with Crippen molar-refractivity contribution in [3.8, 4) is 0 Å². The molecule has 0 unspecified atom stereocenters. The van der Waals surface area contributed by atoms with Gasteiger partial charge in [-0.05, 0) is 32.4 Å². The van der Waals surface area contributed by atoms with Crippen molar-refractivity contribution in [2.75, 3.05) is 32.9 Å². The van der Waals surface area contributed by atoms with Gasteiger partial charge in [-0.1, -0.05) is 12.8 Å². The molecule has 0 aromatic carbocycles. The first-order valence-corrected chi connectivity index (χ1v) is 5.88. The van der Waals surface area contributed by atoms with Crippen molar-refractivity contribution >= 4 is 0 Å². The van der Waals surface area contributed by atoms with Crippen LogP contribution < -0.4 is 5.32 Å². The third-order valence-electron chi connectivity index (χ3n) is 3.64. The van der Waals surface area contributed by atoms with Crippen LogP contribution in [0.5, 0.6) is 0 Å². The molecule has 82 valence electrons. The van der Waals surface area contributed by atoms with Gasteiger partial charge in [0.15, 0.2) is 0 Å². The standard InChI is InChI=1S/C11H21FN2/c12-6-9-14-8-3-7-13-11(10-14)4-1-2-5-11/h13H,1-10H2. The van der Waals surface area contributed by atoms with Crippen LogP contribution in [0.1, 0.15) is 32.1 Å². The van der Waals surface area contributed by atoms with E-state index in [-0.39, 0.29) is 6.67 Å². The lowest BCUT2D eigenvalue weighted by atomic mass is 9.97. The van der Waals surface area contributed by atoms with Crippen LogP contribution in [0.25, 0.3) is 0 Å². The van der Waals surface area contributed by atoms with Crippen molar-refractivity contribution in [3.63, 3.8) is 0 Å². The highest BCUT2D eigenvalue weighted by molar-refractivity contribution is 4.96. The van der Waals surface area contributed by atoms with E-state index in [9.17, 15) is 4.39 Å². The van der Waals surface area contributed by atoms with Crippen molar-refractivity contribution < 1.29 is 4.39 Å². The van der Waals surface area contributed by atoms with E-state index in [0.29, 0.717) is 12.1 Å². The Kier molecular flexibility index (Phi) is 3.39. The van der Waals surface area contributed by atoms with Crippen molar-refractivity contribution in [1.29, 1.82) is 0 Å². The minimum absolute atomic E-state index is 0.198. The number of hydrogen-bond acceptors (Lipinski definition) is 2. The van der Waals surface area contributed by atoms with Gasteiger partial charge in [-0.3, -0.25) is 4.90 Å². The average Bonchev–Trinajstić information content (AvgIpc) is 2.51. The van der Waals surface area contributed by atoms with Crippen molar-refractivity contribution in [2.45, 2.75) is 37.6 Å². The molecule has 1 aliphatic heterocycles. The topological polar surface area (TPSA) is 15.3 Å². The van der Waals surface area contributed by atoms with Crippen LogP contribution in [0.15, 0.2) is 0 Å². The highest BCUT2D eigenvalue weighted by Crippen LogP contribution is 2.31. The normalized spacial score (nSPS) is 28.1. The van der Waals surface area contributed by atoms with Crippen molar-refractivity contribution in [1.82, 2.24) is 10.2 Å². The number of nitrogens with one attached hydrogen (secondary N) is 1. The molecule has 1 aliphatic carbocycles. The third kappa shape index (κ3) is 2.26. The summed E-state index contributed by atoms with van der Waals surface area (Å²) in [6.45, 7) is 3.68. The molecule has 2 nitrogen and oxygen atoms in total. The molecule has 0 aromatic rings. The van der Waals surface area contributed by atoms with Crippen LogP contribution in [-0.4, -0.2) is 43.3 Å². The van der Waals surface area contributed by atoms with Crippen LogP contribution in [0.4, 0.5) is 4.39 Å². The molecule has 1 saturated carbocycles. The number of rotatable bonds is 2. The Balaban J connectivity index is 1.96. The van der Waals surface area contributed by atoms with Gasteiger partial charge in [0.2, 0.25) is 0 Å². The third-order valence-corrected chi connectivity index (χ3v) is 3.64. The zero-order chi connectivity index (χ0) is 9.86. The fourth-order valence-corrected chi connectivity index (χ4v) is 2.92. The maximum atomic E-state index is 12.3. The summed E-state index contributed by atoms with van der Waals surface area (Å²) in [7, 11) is 0. The first kappa shape index (κ1) is 10.4. The minimum Gasteiger partial charge on any atom is -0.310 e. The van der Waals surface area contributed by atoms with Gasteiger partial charge in [0.1, 0.15) is 6.67 Å². The molecule has 1 spiro atoms. The minimum atomic E-state index is -0.198. The van der Waals surface area contributed by atoms with E-state index in [2.05, 4.69) is 10.2 Å². The monoisotopic (exact) mass is 200 g/mol. The van der Waals surface area contributed by atoms with Gasteiger partial charge in [-0.25, -0.2) is 4.39 Å². The quantitative estimate of drug-likeness (QED) is 0.728. The largest absolute Gasteiger partial charge is 0.310 e. The van der Waals surface area contributed by atoms with Crippen LogP contribution in [-0.2, 0) is 0 Å². The van der Waals surface area contributed by atoms with Gasteiger partial charge in [-0.15, -0.1) is 0 Å². The second kappa shape index (κ2) is 4.58. The van der Waals surface area contributed by atoms with E-state index in [0.717, 1.165) is 19.6 Å². The van der Waals surface area contributed by atoms with E-state index in [1.54, 1.807) is 0 Å². The van der Waals surface area contributed by atoms with Crippen LogP contribution >= 0.6 is 0 Å². The summed E-state index contributed by atoms with van der Waals surface area (Å²) < 4.78 is 12.3. The number of alkyl halides is 1. The molecule has 14 heavy (non-hydrogen) atoms. The van der Waals surface area contributed by atoms with Gasteiger partial charge in [-0.2, -0.15) is 0 Å². The van der Waals surface area contributed by atoms with Gasteiger partial charge in [0.25, 0.3) is 0 Å². The molecule has 0 amide bonds. The van der Waals surface area contributed by atoms with Crippen molar-refractivity contribution in [2.24, 2.45) is 0 Å². The lowest BCUT2D eigenvalue weighted by molar-refractivity contribution is 0.197. The summed E-state index contributed by atoms with van der Waals surface area (Å²) in [5, 5.41) is 3.68. The van der Waals surface area contributed by atoms with E-state index < -0.39 is 0 Å². The summed E-state index contributed by atoms with van der Waals surface area (Å²) in [5.41, 5.74) is 0.339. The Bertz CT molecular complexity index is 178. The fourth-order valence-electron chi connectivity index (χ4n) is 2.92. The molecule has 2 fully saturated rings. The van der Waals surface area contributed by atoms with E-state index >= 15 is 0 Å². The molecule has 0 aromatic heterocycles. The van der Waals surface area contributed by atoms with E-state index in [1.165, 1.54) is 32.1 Å². The predicted octanol–water partition coefficient (Wildman–Crippen LogP) is 1.56. The molecule has 2 rings (SSSR count). The number of halogens is 1. The van der Waals surface area contributed by atoms with E-state index in [1.807, 2.05) is 0 Å². The zero-order valence-corrected chi connectivity index (χ0v) is 8.90. The van der Waals surface area contributed by atoms with E-state index in [4.69, 9.17) is 0 Å².